The molecular weight excluding hydrogens is 214 g/mol. The summed E-state index contributed by atoms with van der Waals surface area (Å²) in [5.74, 6) is 0. The topological polar surface area (TPSA) is 30.5 Å². The van der Waals surface area contributed by atoms with Gasteiger partial charge in [0.2, 0.25) is 0 Å². The Bertz CT molecular complexity index is 242. The number of hydrogen-bond donors (Lipinski definition) is 1. The highest BCUT2D eigenvalue weighted by Gasteiger charge is 2.31. The summed E-state index contributed by atoms with van der Waals surface area (Å²) >= 11 is 0. The molecule has 1 heterocycles. The van der Waals surface area contributed by atoms with E-state index in [9.17, 15) is 0 Å². The van der Waals surface area contributed by atoms with Crippen LogP contribution in [-0.2, 0) is 9.47 Å². The summed E-state index contributed by atoms with van der Waals surface area (Å²) in [7, 11) is 1.84. The first-order valence-corrected chi connectivity index (χ1v) is 7.02. The van der Waals surface area contributed by atoms with Crippen molar-refractivity contribution in [1.29, 1.82) is 0 Å². The van der Waals surface area contributed by atoms with Gasteiger partial charge >= 0.3 is 0 Å². The van der Waals surface area contributed by atoms with E-state index in [1.807, 2.05) is 7.11 Å². The second-order valence-electron chi connectivity index (χ2n) is 6.19. The summed E-state index contributed by atoms with van der Waals surface area (Å²) in [6.07, 6.45) is 7.75. The third-order valence-electron chi connectivity index (χ3n) is 4.13. The average Bonchev–Trinajstić information content (AvgIpc) is 2.28. The van der Waals surface area contributed by atoms with Crippen LogP contribution in [0.5, 0.6) is 0 Å². The molecule has 0 aromatic rings. The van der Waals surface area contributed by atoms with Crippen molar-refractivity contribution in [2.75, 3.05) is 13.7 Å². The molecule has 1 N–H and O–H groups in total. The Morgan fingerprint density at radius 3 is 2.71 bits per heavy atom. The molecule has 2 rings (SSSR count). The zero-order chi connectivity index (χ0) is 12.3. The van der Waals surface area contributed by atoms with Crippen LogP contribution in [0.15, 0.2) is 0 Å². The highest BCUT2D eigenvalue weighted by molar-refractivity contribution is 4.87. The molecule has 17 heavy (non-hydrogen) atoms. The predicted molar refractivity (Wildman–Crippen MR) is 69.2 cm³/mol. The normalized spacial score (nSPS) is 37.9. The highest BCUT2D eigenvalue weighted by atomic mass is 16.5. The fourth-order valence-electron chi connectivity index (χ4n) is 3.22. The maximum Gasteiger partial charge on any atom is 0.0641 e. The van der Waals surface area contributed by atoms with E-state index in [4.69, 9.17) is 9.47 Å². The van der Waals surface area contributed by atoms with Crippen LogP contribution >= 0.6 is 0 Å². The van der Waals surface area contributed by atoms with Gasteiger partial charge in [0.25, 0.3) is 0 Å². The first-order chi connectivity index (χ1) is 8.09. The molecule has 0 spiro atoms. The van der Waals surface area contributed by atoms with Gasteiger partial charge in [-0.15, -0.1) is 0 Å². The van der Waals surface area contributed by atoms with Crippen LogP contribution in [0.1, 0.15) is 52.4 Å². The van der Waals surface area contributed by atoms with Crippen molar-refractivity contribution in [3.05, 3.63) is 0 Å². The van der Waals surface area contributed by atoms with E-state index in [-0.39, 0.29) is 5.60 Å². The summed E-state index contributed by atoms with van der Waals surface area (Å²) in [5, 5.41) is 3.82. The van der Waals surface area contributed by atoms with E-state index in [0.29, 0.717) is 18.2 Å². The molecule has 2 fully saturated rings. The van der Waals surface area contributed by atoms with Crippen LogP contribution in [0.4, 0.5) is 0 Å². The van der Waals surface area contributed by atoms with Crippen molar-refractivity contribution >= 4 is 0 Å². The molecule has 3 atom stereocenters. The van der Waals surface area contributed by atoms with Crippen LogP contribution in [0.3, 0.4) is 0 Å². The van der Waals surface area contributed by atoms with E-state index in [1.165, 1.54) is 25.7 Å². The third kappa shape index (κ3) is 3.94. The van der Waals surface area contributed by atoms with Gasteiger partial charge in [-0.05, 0) is 52.4 Å². The third-order valence-corrected chi connectivity index (χ3v) is 4.13. The molecule has 0 aromatic heterocycles. The lowest BCUT2D eigenvalue weighted by Gasteiger charge is -2.39. The number of methoxy groups -OCH3 is 1. The predicted octanol–water partition coefficient (Wildman–Crippen LogP) is 2.49. The van der Waals surface area contributed by atoms with Crippen LogP contribution in [0.25, 0.3) is 0 Å². The Morgan fingerprint density at radius 1 is 1.18 bits per heavy atom. The van der Waals surface area contributed by atoms with Crippen molar-refractivity contribution in [1.82, 2.24) is 5.32 Å². The molecule has 0 amide bonds. The molecule has 1 aliphatic heterocycles. The Kier molecular flexibility index (Phi) is 4.45. The maximum absolute atomic E-state index is 5.76. The number of rotatable bonds is 3. The molecule has 1 saturated heterocycles. The Labute approximate surface area is 105 Å². The lowest BCUT2D eigenvalue weighted by Crippen LogP contribution is -2.49. The van der Waals surface area contributed by atoms with Crippen molar-refractivity contribution in [3.8, 4) is 0 Å². The summed E-state index contributed by atoms with van der Waals surface area (Å²) in [5.41, 5.74) is 0.0469. The molecule has 3 nitrogen and oxygen atoms in total. The standard InChI is InChI=1S/C14H27NO2/c1-14(2)10-12(7-8-17-14)15-11-5-4-6-13(9-11)16-3/h11-13,15H,4-10H2,1-3H3. The Balaban J connectivity index is 1.80. The van der Waals surface area contributed by atoms with Gasteiger partial charge < -0.3 is 14.8 Å². The van der Waals surface area contributed by atoms with Crippen LogP contribution < -0.4 is 5.32 Å². The summed E-state index contributed by atoms with van der Waals surface area (Å²) in [4.78, 5) is 0. The van der Waals surface area contributed by atoms with Gasteiger partial charge in [0.15, 0.2) is 0 Å². The number of hydrogen-bond acceptors (Lipinski definition) is 3. The van der Waals surface area contributed by atoms with E-state index < -0.39 is 0 Å². The second kappa shape index (κ2) is 5.68. The Hall–Kier alpha value is -0.120. The Morgan fingerprint density at radius 2 is 2.00 bits per heavy atom. The summed E-state index contributed by atoms with van der Waals surface area (Å²) in [6.45, 7) is 5.28. The highest BCUT2D eigenvalue weighted by Crippen LogP contribution is 2.27. The van der Waals surface area contributed by atoms with Gasteiger partial charge in [-0.3, -0.25) is 0 Å². The smallest absolute Gasteiger partial charge is 0.0641 e. The summed E-state index contributed by atoms with van der Waals surface area (Å²) < 4.78 is 11.2. The molecular formula is C14H27NO2. The van der Waals surface area contributed by atoms with E-state index in [0.717, 1.165) is 19.4 Å². The minimum atomic E-state index is 0.0469. The second-order valence-corrected chi connectivity index (χ2v) is 6.19. The zero-order valence-corrected chi connectivity index (χ0v) is 11.5. The number of nitrogens with one attached hydrogen (secondary N) is 1. The first kappa shape index (κ1) is 13.3. The maximum atomic E-state index is 5.76. The van der Waals surface area contributed by atoms with E-state index >= 15 is 0 Å². The summed E-state index contributed by atoms with van der Waals surface area (Å²) in [6, 6.07) is 1.27. The fourth-order valence-corrected chi connectivity index (χ4v) is 3.22. The van der Waals surface area contributed by atoms with Crippen molar-refractivity contribution in [3.63, 3.8) is 0 Å². The lowest BCUT2D eigenvalue weighted by atomic mass is 9.89. The minimum absolute atomic E-state index is 0.0469. The van der Waals surface area contributed by atoms with Crippen LogP contribution in [0.2, 0.25) is 0 Å². The largest absolute Gasteiger partial charge is 0.381 e. The molecule has 0 radical (unpaired) electrons. The molecule has 100 valence electrons. The number of ether oxygens (including phenoxy) is 2. The molecule has 3 unspecified atom stereocenters. The quantitative estimate of drug-likeness (QED) is 0.823. The van der Waals surface area contributed by atoms with E-state index in [1.54, 1.807) is 0 Å². The molecule has 3 heteroatoms. The molecule has 1 saturated carbocycles. The van der Waals surface area contributed by atoms with Crippen molar-refractivity contribution < 1.29 is 9.47 Å². The van der Waals surface area contributed by atoms with Gasteiger partial charge in [0.05, 0.1) is 11.7 Å². The molecule has 2 aliphatic rings. The van der Waals surface area contributed by atoms with Crippen LogP contribution in [-0.4, -0.2) is 37.5 Å². The van der Waals surface area contributed by atoms with Crippen molar-refractivity contribution in [2.24, 2.45) is 0 Å². The molecule has 0 bridgehead atoms. The van der Waals surface area contributed by atoms with Gasteiger partial charge in [-0.25, -0.2) is 0 Å². The molecule has 0 aromatic carbocycles. The monoisotopic (exact) mass is 241 g/mol. The van der Waals surface area contributed by atoms with E-state index in [2.05, 4.69) is 19.2 Å². The van der Waals surface area contributed by atoms with Gasteiger partial charge in [0, 0.05) is 25.8 Å². The zero-order valence-electron chi connectivity index (χ0n) is 11.5. The van der Waals surface area contributed by atoms with Gasteiger partial charge in [-0.1, -0.05) is 0 Å². The molecule has 1 aliphatic carbocycles. The minimum Gasteiger partial charge on any atom is -0.381 e. The van der Waals surface area contributed by atoms with Crippen LogP contribution in [0, 0.1) is 0 Å². The average molecular weight is 241 g/mol. The van der Waals surface area contributed by atoms with Crippen molar-refractivity contribution in [2.45, 2.75) is 76.2 Å². The first-order valence-electron chi connectivity index (χ1n) is 7.02. The SMILES string of the molecule is COC1CCCC(NC2CCOC(C)(C)C2)C1. The van der Waals surface area contributed by atoms with Gasteiger partial charge in [-0.2, -0.15) is 0 Å². The fraction of sp³-hybridized carbons (Fsp3) is 1.00. The van der Waals surface area contributed by atoms with Gasteiger partial charge in [0.1, 0.15) is 0 Å². The lowest BCUT2D eigenvalue weighted by molar-refractivity contribution is -0.0656.